The van der Waals surface area contributed by atoms with E-state index in [2.05, 4.69) is 0 Å². The molecule has 7 heteroatoms. The number of halogens is 1. The molecule has 1 aromatic heterocycles. The van der Waals surface area contributed by atoms with Crippen LogP contribution < -0.4 is 0 Å². The van der Waals surface area contributed by atoms with Crippen LogP contribution in [-0.2, 0) is 16.6 Å². The van der Waals surface area contributed by atoms with Crippen LogP contribution in [0.2, 0.25) is 5.02 Å². The smallest absolute Gasteiger partial charge is 0.256 e. The Kier molecular flexibility index (Phi) is 5.43. The van der Waals surface area contributed by atoms with Crippen LogP contribution in [0.3, 0.4) is 0 Å². The van der Waals surface area contributed by atoms with Crippen molar-refractivity contribution in [3.05, 3.63) is 64.4 Å². The lowest BCUT2D eigenvalue weighted by atomic mass is 10.1. The van der Waals surface area contributed by atoms with Crippen LogP contribution >= 0.6 is 11.6 Å². The number of hydrogen-bond donors (Lipinski definition) is 0. The first kappa shape index (κ1) is 18.3. The van der Waals surface area contributed by atoms with E-state index in [1.54, 1.807) is 18.4 Å². The second-order valence-corrected chi connectivity index (χ2v) is 8.95. The lowest BCUT2D eigenvalue weighted by molar-refractivity contribution is 0.357. The zero-order valence-corrected chi connectivity index (χ0v) is 16.0. The van der Waals surface area contributed by atoms with Crippen molar-refractivity contribution >= 4 is 21.8 Å². The van der Waals surface area contributed by atoms with Gasteiger partial charge in [-0.15, -0.1) is 0 Å². The minimum Gasteiger partial charge on any atom is -0.256 e. The molecular formula is C18H22ClN3O2S. The maximum absolute atomic E-state index is 12.5. The van der Waals surface area contributed by atoms with Crippen molar-refractivity contribution < 1.29 is 8.42 Å². The molecule has 1 aromatic carbocycles. The number of nitrogens with zero attached hydrogens (tertiary/aromatic N) is 3. The number of pyridine rings is 1. The highest BCUT2D eigenvalue weighted by Crippen LogP contribution is 2.34. The molecule has 5 nitrogen and oxygen atoms in total. The van der Waals surface area contributed by atoms with E-state index in [0.717, 1.165) is 29.8 Å². The molecule has 1 atom stereocenters. The highest BCUT2D eigenvalue weighted by molar-refractivity contribution is 7.86. The molecule has 0 aliphatic carbocycles. The minimum absolute atomic E-state index is 0.197. The topological polar surface area (TPSA) is 53.5 Å². The Balaban J connectivity index is 1.84. The summed E-state index contributed by atoms with van der Waals surface area (Å²) < 4.78 is 27.9. The zero-order valence-electron chi connectivity index (χ0n) is 14.4. The van der Waals surface area contributed by atoms with Crippen molar-refractivity contribution in [3.8, 4) is 0 Å². The average Bonchev–Trinajstić information content (AvgIpc) is 3.07. The summed E-state index contributed by atoms with van der Waals surface area (Å²) in [6, 6.07) is 13.3. The van der Waals surface area contributed by atoms with Gasteiger partial charge in [-0.3, -0.25) is 4.98 Å². The summed E-state index contributed by atoms with van der Waals surface area (Å²) >= 11 is 5.93. The van der Waals surface area contributed by atoms with Crippen LogP contribution in [0.25, 0.3) is 0 Å². The maximum atomic E-state index is 12.5. The van der Waals surface area contributed by atoms with Gasteiger partial charge in [0.2, 0.25) is 0 Å². The Morgan fingerprint density at radius 1 is 1.20 bits per heavy atom. The van der Waals surface area contributed by atoms with Gasteiger partial charge in [-0.2, -0.15) is 17.0 Å². The number of hydrogen-bond acceptors (Lipinski definition) is 3. The van der Waals surface area contributed by atoms with Crippen molar-refractivity contribution in [2.24, 2.45) is 0 Å². The molecule has 0 spiro atoms. The van der Waals surface area contributed by atoms with Gasteiger partial charge in [-0.1, -0.05) is 29.8 Å². The van der Waals surface area contributed by atoms with Crippen molar-refractivity contribution in [3.63, 3.8) is 0 Å². The molecule has 3 rings (SSSR count). The average molecular weight is 380 g/mol. The van der Waals surface area contributed by atoms with Gasteiger partial charge in [0, 0.05) is 37.8 Å². The molecule has 1 saturated heterocycles. The molecule has 0 bridgehead atoms. The van der Waals surface area contributed by atoms with Crippen LogP contribution in [0.1, 0.15) is 35.8 Å². The first-order valence-electron chi connectivity index (χ1n) is 8.27. The first-order chi connectivity index (χ1) is 11.9. The normalized spacial score (nSPS) is 18.8. The molecule has 0 N–H and O–H groups in total. The molecule has 0 radical (unpaired) electrons. The highest BCUT2D eigenvalue weighted by Gasteiger charge is 2.37. The van der Waals surface area contributed by atoms with E-state index in [-0.39, 0.29) is 6.04 Å². The number of benzene rings is 1. The molecule has 0 unspecified atom stereocenters. The first-order valence-corrected chi connectivity index (χ1v) is 10.0. The number of aromatic nitrogens is 1. The third-order valence-corrected chi connectivity index (χ3v) is 6.63. The minimum atomic E-state index is -3.44. The molecule has 1 fully saturated rings. The molecule has 134 valence electrons. The quantitative estimate of drug-likeness (QED) is 0.801. The van der Waals surface area contributed by atoms with Crippen LogP contribution in [0.4, 0.5) is 0 Å². The lowest BCUT2D eigenvalue weighted by Crippen LogP contribution is -2.39. The van der Waals surface area contributed by atoms with Gasteiger partial charge in [0.25, 0.3) is 10.2 Å². The Morgan fingerprint density at radius 3 is 2.60 bits per heavy atom. The number of rotatable bonds is 5. The summed E-state index contributed by atoms with van der Waals surface area (Å²) in [7, 11) is -0.309. The molecule has 0 amide bonds. The van der Waals surface area contributed by atoms with Gasteiger partial charge in [-0.25, -0.2) is 0 Å². The van der Waals surface area contributed by atoms with Gasteiger partial charge in [0.05, 0.1) is 11.7 Å². The molecule has 1 aliphatic heterocycles. The maximum Gasteiger partial charge on any atom is 0.282 e. The Hall–Kier alpha value is -1.47. The van der Waals surface area contributed by atoms with Gasteiger partial charge in [0.1, 0.15) is 0 Å². The fourth-order valence-electron chi connectivity index (χ4n) is 3.12. The molecule has 2 heterocycles. The van der Waals surface area contributed by atoms with Crippen molar-refractivity contribution in [2.75, 3.05) is 20.6 Å². The third-order valence-electron chi connectivity index (χ3n) is 4.43. The summed E-state index contributed by atoms with van der Waals surface area (Å²) in [4.78, 5) is 4.74. The fraction of sp³-hybridized carbons (Fsp3) is 0.389. The van der Waals surface area contributed by atoms with E-state index in [1.807, 2.05) is 42.5 Å². The summed E-state index contributed by atoms with van der Waals surface area (Å²) in [5, 5.41) is 0.709. The summed E-state index contributed by atoms with van der Waals surface area (Å²) in [5.41, 5.74) is 2.86. The van der Waals surface area contributed by atoms with Crippen molar-refractivity contribution in [2.45, 2.75) is 25.3 Å². The van der Waals surface area contributed by atoms with E-state index in [4.69, 9.17) is 16.6 Å². The molecule has 0 saturated carbocycles. The molecule has 25 heavy (non-hydrogen) atoms. The lowest BCUT2D eigenvalue weighted by Gasteiger charge is -2.26. The highest BCUT2D eigenvalue weighted by atomic mass is 35.5. The summed E-state index contributed by atoms with van der Waals surface area (Å²) in [6.45, 7) is 0.536. The Morgan fingerprint density at radius 2 is 1.92 bits per heavy atom. The monoisotopic (exact) mass is 379 g/mol. The van der Waals surface area contributed by atoms with E-state index >= 15 is 0 Å². The summed E-state index contributed by atoms with van der Waals surface area (Å²) in [6.07, 6.45) is 2.34. The van der Waals surface area contributed by atoms with Crippen LogP contribution in [0.5, 0.6) is 0 Å². The molecule has 2 aromatic rings. The van der Waals surface area contributed by atoms with Crippen LogP contribution in [0.15, 0.2) is 42.5 Å². The van der Waals surface area contributed by atoms with E-state index in [0.29, 0.717) is 18.0 Å². The van der Waals surface area contributed by atoms with Gasteiger partial charge in [0.15, 0.2) is 0 Å². The largest absolute Gasteiger partial charge is 0.282 e. The van der Waals surface area contributed by atoms with Crippen molar-refractivity contribution in [1.82, 2.24) is 13.6 Å². The van der Waals surface area contributed by atoms with E-state index < -0.39 is 10.2 Å². The van der Waals surface area contributed by atoms with E-state index in [1.165, 1.54) is 4.31 Å². The van der Waals surface area contributed by atoms with Crippen molar-refractivity contribution in [1.29, 1.82) is 0 Å². The van der Waals surface area contributed by atoms with E-state index in [9.17, 15) is 8.42 Å². The predicted molar refractivity (Wildman–Crippen MR) is 99.8 cm³/mol. The fourth-order valence-corrected chi connectivity index (χ4v) is 4.56. The second kappa shape index (κ2) is 7.41. The molecule has 1 aliphatic rings. The Labute approximate surface area is 154 Å². The van der Waals surface area contributed by atoms with Gasteiger partial charge < -0.3 is 0 Å². The van der Waals surface area contributed by atoms with Gasteiger partial charge >= 0.3 is 0 Å². The second-order valence-electron chi connectivity index (χ2n) is 6.42. The van der Waals surface area contributed by atoms with Crippen LogP contribution in [-0.4, -0.2) is 42.7 Å². The SMILES string of the molecule is CN(C)S(=O)(=O)N1CCC[C@@H]1c1cccc(Cc2ccc(Cl)cc2)n1. The summed E-state index contributed by atoms with van der Waals surface area (Å²) in [5.74, 6) is 0. The van der Waals surface area contributed by atoms with Crippen LogP contribution in [0, 0.1) is 0 Å². The predicted octanol–water partition coefficient (Wildman–Crippen LogP) is 3.27. The zero-order chi connectivity index (χ0) is 18.0. The molecular weight excluding hydrogens is 358 g/mol. The Bertz CT molecular complexity index is 838. The standard InChI is InChI=1S/C18H22ClN3O2S/c1-21(2)25(23,24)22-12-4-7-18(22)17-6-3-5-16(20-17)13-14-8-10-15(19)11-9-14/h3,5-6,8-11,18H,4,7,12-13H2,1-2H3/t18-/m1/s1. The third kappa shape index (κ3) is 4.03. The van der Waals surface area contributed by atoms with Gasteiger partial charge in [-0.05, 0) is 42.7 Å².